The third kappa shape index (κ3) is 6.01. The molecule has 0 unspecified atom stereocenters. The van der Waals surface area contributed by atoms with E-state index in [1.165, 1.54) is 0 Å². The van der Waals surface area contributed by atoms with E-state index in [4.69, 9.17) is 24.9 Å². The van der Waals surface area contributed by atoms with Crippen molar-refractivity contribution in [2.45, 2.75) is 0 Å². The average molecular weight is 765 g/mol. The minimum Gasteiger partial charge on any atom is -0.256 e. The predicted octanol–water partition coefficient (Wildman–Crippen LogP) is 13.1. The molecule has 0 aliphatic rings. The first-order valence-electron chi connectivity index (χ1n) is 19.8. The molecule has 0 fully saturated rings. The zero-order valence-corrected chi connectivity index (χ0v) is 32.2. The highest BCUT2D eigenvalue weighted by molar-refractivity contribution is 6.23. The summed E-state index contributed by atoms with van der Waals surface area (Å²) >= 11 is 0. The third-order valence-electron chi connectivity index (χ3n) is 11.2. The molecule has 0 spiro atoms. The maximum Gasteiger partial charge on any atom is 0.164 e. The molecular weight excluding hydrogens is 733 g/mol. The monoisotopic (exact) mass is 764 g/mol. The second kappa shape index (κ2) is 14.5. The quantitative estimate of drug-likeness (QED) is 0.157. The van der Waals surface area contributed by atoms with E-state index in [0.717, 1.165) is 93.4 Å². The molecule has 3 aromatic heterocycles. The van der Waals surface area contributed by atoms with Crippen LogP contribution in [0, 0.1) is 11.3 Å². The van der Waals surface area contributed by atoms with Crippen molar-refractivity contribution < 1.29 is 0 Å². The van der Waals surface area contributed by atoms with Gasteiger partial charge in [-0.1, -0.05) is 140 Å². The van der Waals surface area contributed by atoms with Gasteiger partial charge in [0.05, 0.1) is 22.7 Å². The van der Waals surface area contributed by atoms with Gasteiger partial charge < -0.3 is 0 Å². The number of benzene rings is 8. The number of pyridine rings is 2. The lowest BCUT2D eigenvalue weighted by Crippen LogP contribution is -2.00. The third-order valence-corrected chi connectivity index (χ3v) is 11.2. The Bertz CT molecular complexity index is 3440. The van der Waals surface area contributed by atoms with Gasteiger partial charge in [-0.05, 0) is 86.3 Å². The molecule has 0 radical (unpaired) electrons. The lowest BCUT2D eigenvalue weighted by molar-refractivity contribution is 1.07. The molecule has 11 aromatic rings. The van der Waals surface area contributed by atoms with Crippen molar-refractivity contribution in [2.24, 2.45) is 0 Å². The summed E-state index contributed by atoms with van der Waals surface area (Å²) in [6.45, 7) is 0. The summed E-state index contributed by atoms with van der Waals surface area (Å²) in [5.74, 6) is 1.87. The van der Waals surface area contributed by atoms with E-state index in [9.17, 15) is 5.26 Å². The molecular formula is C54H32N6. The van der Waals surface area contributed by atoms with Gasteiger partial charge in [-0.25, -0.2) is 15.0 Å². The van der Waals surface area contributed by atoms with Gasteiger partial charge in [0, 0.05) is 51.0 Å². The van der Waals surface area contributed by atoms with Gasteiger partial charge in [0.2, 0.25) is 0 Å². The van der Waals surface area contributed by atoms with Crippen molar-refractivity contribution in [2.75, 3.05) is 0 Å². The summed E-state index contributed by atoms with van der Waals surface area (Å²) in [4.78, 5) is 24.8. The Morgan fingerprint density at radius 1 is 0.317 bits per heavy atom. The SMILES string of the molecule is N#Cc1cccc(-c2cc3c4cccnc4c(-c4ccc(-c5cccc(-c6nc(-c7ccccc7)nc(-c7ccccc7)n6)c5)c5ccccc45)cc3c3cccnc23)c1. The Labute approximate surface area is 345 Å². The molecule has 6 nitrogen and oxygen atoms in total. The minimum atomic E-state index is 0.612. The van der Waals surface area contributed by atoms with Gasteiger partial charge in [0.1, 0.15) is 0 Å². The number of hydrogen-bond donors (Lipinski definition) is 0. The molecule has 0 atom stereocenters. The molecule has 278 valence electrons. The summed E-state index contributed by atoms with van der Waals surface area (Å²) in [7, 11) is 0. The number of hydrogen-bond acceptors (Lipinski definition) is 6. The Morgan fingerprint density at radius 3 is 1.42 bits per heavy atom. The number of fused-ring (bicyclic) bond motifs is 6. The first kappa shape index (κ1) is 34.8. The van der Waals surface area contributed by atoms with Crippen molar-refractivity contribution in [3.05, 3.63) is 200 Å². The van der Waals surface area contributed by atoms with Gasteiger partial charge in [-0.15, -0.1) is 0 Å². The van der Waals surface area contributed by atoms with Crippen LogP contribution in [0.1, 0.15) is 5.56 Å². The first-order chi connectivity index (χ1) is 29.7. The fraction of sp³-hybridized carbons (Fsp3) is 0. The molecule has 0 bridgehead atoms. The fourth-order valence-corrected chi connectivity index (χ4v) is 8.43. The van der Waals surface area contributed by atoms with E-state index in [0.29, 0.717) is 23.0 Å². The Balaban J connectivity index is 1.08. The van der Waals surface area contributed by atoms with Crippen molar-refractivity contribution in [3.63, 3.8) is 0 Å². The number of aromatic nitrogens is 5. The van der Waals surface area contributed by atoms with E-state index in [2.05, 4.69) is 91.0 Å². The lowest BCUT2D eigenvalue weighted by atomic mass is 9.87. The van der Waals surface area contributed by atoms with Crippen molar-refractivity contribution in [1.82, 2.24) is 24.9 Å². The van der Waals surface area contributed by atoms with Crippen LogP contribution in [0.2, 0.25) is 0 Å². The Morgan fingerprint density at radius 2 is 0.783 bits per heavy atom. The van der Waals surface area contributed by atoms with Crippen molar-refractivity contribution in [3.8, 4) is 73.6 Å². The normalized spacial score (nSPS) is 11.3. The largest absolute Gasteiger partial charge is 0.256 e. The van der Waals surface area contributed by atoms with Crippen molar-refractivity contribution in [1.29, 1.82) is 5.26 Å². The zero-order chi connectivity index (χ0) is 40.0. The van der Waals surface area contributed by atoms with E-state index >= 15 is 0 Å². The van der Waals surface area contributed by atoms with Gasteiger partial charge in [0.15, 0.2) is 17.5 Å². The number of rotatable bonds is 6. The van der Waals surface area contributed by atoms with E-state index < -0.39 is 0 Å². The van der Waals surface area contributed by atoms with Crippen molar-refractivity contribution >= 4 is 43.4 Å². The first-order valence-corrected chi connectivity index (χ1v) is 19.8. The highest BCUT2D eigenvalue weighted by Gasteiger charge is 2.19. The van der Waals surface area contributed by atoms with Crippen LogP contribution in [0.15, 0.2) is 194 Å². The highest BCUT2D eigenvalue weighted by Crippen LogP contribution is 2.44. The molecule has 8 aromatic carbocycles. The topological polar surface area (TPSA) is 88.2 Å². The van der Waals surface area contributed by atoms with E-state index in [1.807, 2.05) is 109 Å². The van der Waals surface area contributed by atoms with Gasteiger partial charge in [0.25, 0.3) is 0 Å². The molecule has 3 heterocycles. The maximum absolute atomic E-state index is 9.70. The molecule has 6 heteroatoms. The summed E-state index contributed by atoms with van der Waals surface area (Å²) in [5, 5.41) is 16.2. The Hall–Kier alpha value is -8.40. The maximum atomic E-state index is 9.70. The van der Waals surface area contributed by atoms with Crippen LogP contribution in [-0.4, -0.2) is 24.9 Å². The van der Waals surface area contributed by atoms with E-state index in [1.54, 1.807) is 0 Å². The molecule has 0 aliphatic carbocycles. The highest BCUT2D eigenvalue weighted by atomic mass is 15.0. The average Bonchev–Trinajstić information content (AvgIpc) is 3.33. The second-order valence-corrected chi connectivity index (χ2v) is 14.8. The summed E-state index contributed by atoms with van der Waals surface area (Å²) in [6.07, 6.45) is 3.70. The van der Waals surface area contributed by atoms with E-state index in [-0.39, 0.29) is 0 Å². The lowest BCUT2D eigenvalue weighted by Gasteiger charge is -2.17. The molecule has 11 rings (SSSR count). The Kier molecular flexibility index (Phi) is 8.42. The molecule has 0 aliphatic heterocycles. The van der Waals surface area contributed by atoms with Gasteiger partial charge in [-0.2, -0.15) is 5.26 Å². The van der Waals surface area contributed by atoms with Crippen LogP contribution in [0.3, 0.4) is 0 Å². The van der Waals surface area contributed by atoms with Gasteiger partial charge >= 0.3 is 0 Å². The molecule has 0 saturated carbocycles. The summed E-state index contributed by atoms with van der Waals surface area (Å²) < 4.78 is 0. The zero-order valence-electron chi connectivity index (χ0n) is 32.2. The number of nitriles is 1. The molecule has 60 heavy (non-hydrogen) atoms. The second-order valence-electron chi connectivity index (χ2n) is 14.8. The predicted molar refractivity (Wildman–Crippen MR) is 243 cm³/mol. The van der Waals surface area contributed by atoms with Crippen LogP contribution in [0.4, 0.5) is 0 Å². The van der Waals surface area contributed by atoms with Crippen LogP contribution in [0.25, 0.3) is 111 Å². The minimum absolute atomic E-state index is 0.612. The van der Waals surface area contributed by atoms with Crippen LogP contribution in [0.5, 0.6) is 0 Å². The van der Waals surface area contributed by atoms with Crippen LogP contribution < -0.4 is 0 Å². The summed E-state index contributed by atoms with van der Waals surface area (Å²) in [6, 6.07) is 64.4. The summed E-state index contributed by atoms with van der Waals surface area (Å²) in [5.41, 5.74) is 11.4. The van der Waals surface area contributed by atoms with Gasteiger partial charge in [-0.3, -0.25) is 9.97 Å². The van der Waals surface area contributed by atoms with Crippen LogP contribution >= 0.6 is 0 Å². The molecule has 0 saturated heterocycles. The molecule has 0 amide bonds. The smallest absolute Gasteiger partial charge is 0.164 e. The molecule has 0 N–H and O–H groups in total. The number of nitrogens with zero attached hydrogens (tertiary/aromatic N) is 6. The standard InChI is InChI=1S/C54H32N6/c55-33-34-13-9-18-37(29-34)46-31-47-45-24-12-28-57-51(45)49(32-48(47)44-23-11-27-56-50(44)46)43-26-25-40(41-21-7-8-22-42(41)43)38-19-10-20-39(30-38)54-59-52(35-14-3-1-4-15-35)58-53(60-54)36-16-5-2-6-17-36/h1-32H. The fourth-order valence-electron chi connectivity index (χ4n) is 8.43. The van der Waals surface area contributed by atoms with Crippen LogP contribution in [-0.2, 0) is 0 Å².